The first-order valence-corrected chi connectivity index (χ1v) is 7.49. The van der Waals surface area contributed by atoms with Gasteiger partial charge in [-0.3, -0.25) is 0 Å². The Morgan fingerprint density at radius 2 is 2.07 bits per heavy atom. The molecule has 1 aliphatic carbocycles. The molecule has 0 radical (unpaired) electrons. The molecule has 1 aliphatic rings. The minimum absolute atomic E-state index is 0.142. The zero-order valence-corrected chi connectivity index (χ0v) is 10.5. The van der Waals surface area contributed by atoms with E-state index in [4.69, 9.17) is 5.73 Å². The molecule has 0 aliphatic heterocycles. The van der Waals surface area contributed by atoms with Gasteiger partial charge in [0.2, 0.25) is 0 Å². The summed E-state index contributed by atoms with van der Waals surface area (Å²) in [7, 11) is -0.835. The molecule has 1 fully saturated rings. The quantitative estimate of drug-likeness (QED) is 0.756. The highest BCUT2D eigenvalue weighted by atomic mass is 32.2. The van der Waals surface area contributed by atoms with Crippen LogP contribution in [0.1, 0.15) is 25.7 Å². The molecule has 2 N–H and O–H groups in total. The summed E-state index contributed by atoms with van der Waals surface area (Å²) >= 11 is 0. The van der Waals surface area contributed by atoms with Gasteiger partial charge in [-0.1, -0.05) is 6.42 Å². The van der Waals surface area contributed by atoms with E-state index in [1.165, 1.54) is 6.26 Å². The van der Waals surface area contributed by atoms with Gasteiger partial charge in [0.05, 0.1) is 5.25 Å². The van der Waals surface area contributed by atoms with E-state index in [-0.39, 0.29) is 5.25 Å². The minimum atomic E-state index is -2.87. The van der Waals surface area contributed by atoms with Crippen molar-refractivity contribution in [3.05, 3.63) is 0 Å². The van der Waals surface area contributed by atoms with Crippen LogP contribution < -0.4 is 5.73 Å². The molecular formula is C10H22N2O2S. The molecule has 0 aromatic carbocycles. The van der Waals surface area contributed by atoms with Gasteiger partial charge in [-0.15, -0.1) is 0 Å². The first-order valence-electron chi connectivity index (χ1n) is 5.54. The average Bonchev–Trinajstić information content (AvgIpc) is 2.17. The molecule has 90 valence electrons. The number of hydrogen-bond donors (Lipinski definition) is 1. The van der Waals surface area contributed by atoms with Gasteiger partial charge in [-0.25, -0.2) is 8.42 Å². The summed E-state index contributed by atoms with van der Waals surface area (Å²) in [6.45, 7) is 1.48. The molecule has 15 heavy (non-hydrogen) atoms. The third-order valence-electron chi connectivity index (χ3n) is 3.31. The Labute approximate surface area is 92.7 Å². The number of nitrogens with two attached hydrogens (primary N) is 1. The second-order valence-electron chi connectivity index (χ2n) is 4.54. The smallest absolute Gasteiger partial charge is 0.150 e. The van der Waals surface area contributed by atoms with Crippen molar-refractivity contribution >= 4 is 9.84 Å². The molecule has 0 bridgehead atoms. The monoisotopic (exact) mass is 234 g/mol. The summed E-state index contributed by atoms with van der Waals surface area (Å²) in [5, 5.41) is -0.142. The summed E-state index contributed by atoms with van der Waals surface area (Å²) in [6, 6.07) is 0.391. The first kappa shape index (κ1) is 12.9. The maximum atomic E-state index is 11.5. The lowest BCUT2D eigenvalue weighted by Gasteiger charge is -2.34. The van der Waals surface area contributed by atoms with Gasteiger partial charge in [0.25, 0.3) is 0 Å². The highest BCUT2D eigenvalue weighted by Crippen LogP contribution is 2.26. The van der Waals surface area contributed by atoms with Gasteiger partial charge < -0.3 is 10.6 Å². The average molecular weight is 234 g/mol. The lowest BCUT2D eigenvalue weighted by molar-refractivity contribution is 0.197. The molecule has 1 rings (SSSR count). The van der Waals surface area contributed by atoms with E-state index in [9.17, 15) is 8.42 Å². The Balaban J connectivity index is 2.56. The van der Waals surface area contributed by atoms with Crippen LogP contribution in [0.4, 0.5) is 0 Å². The topological polar surface area (TPSA) is 63.4 Å². The van der Waals surface area contributed by atoms with Crippen LogP contribution in [-0.4, -0.2) is 51.0 Å². The van der Waals surface area contributed by atoms with Gasteiger partial charge >= 0.3 is 0 Å². The minimum Gasteiger partial charge on any atom is -0.329 e. The number of nitrogens with zero attached hydrogens (tertiary/aromatic N) is 1. The van der Waals surface area contributed by atoms with E-state index in [1.54, 1.807) is 0 Å². The lowest BCUT2D eigenvalue weighted by atomic mass is 9.94. The van der Waals surface area contributed by atoms with E-state index in [2.05, 4.69) is 4.90 Å². The summed E-state index contributed by atoms with van der Waals surface area (Å²) in [5.41, 5.74) is 5.50. The predicted molar refractivity (Wildman–Crippen MR) is 62.6 cm³/mol. The van der Waals surface area contributed by atoms with Crippen LogP contribution in [0.15, 0.2) is 0 Å². The molecular weight excluding hydrogens is 212 g/mol. The van der Waals surface area contributed by atoms with Crippen LogP contribution >= 0.6 is 0 Å². The maximum absolute atomic E-state index is 11.5. The number of likely N-dealkylation sites (N-methyl/N-ethyl adjacent to an activating group) is 1. The van der Waals surface area contributed by atoms with Gasteiger partial charge in [0, 0.05) is 25.4 Å². The lowest BCUT2D eigenvalue weighted by Crippen LogP contribution is -2.41. The predicted octanol–water partition coefficient (Wildman–Crippen LogP) is 0.233. The fraction of sp³-hybridized carbons (Fsp3) is 1.00. The number of hydrogen-bond acceptors (Lipinski definition) is 4. The van der Waals surface area contributed by atoms with Crippen molar-refractivity contribution in [1.82, 2.24) is 4.90 Å². The van der Waals surface area contributed by atoms with Crippen molar-refractivity contribution in [3.63, 3.8) is 0 Å². The van der Waals surface area contributed by atoms with Crippen molar-refractivity contribution in [3.8, 4) is 0 Å². The number of rotatable bonds is 4. The van der Waals surface area contributed by atoms with Gasteiger partial charge in [-0.2, -0.15) is 0 Å². The van der Waals surface area contributed by atoms with Crippen LogP contribution in [0.25, 0.3) is 0 Å². The Bertz CT molecular complexity index is 290. The van der Waals surface area contributed by atoms with Crippen LogP contribution in [0.2, 0.25) is 0 Å². The van der Waals surface area contributed by atoms with Gasteiger partial charge in [0.15, 0.2) is 0 Å². The highest BCUT2D eigenvalue weighted by Gasteiger charge is 2.30. The Kier molecular flexibility index (Phi) is 4.55. The Morgan fingerprint density at radius 1 is 1.40 bits per heavy atom. The molecule has 0 amide bonds. The van der Waals surface area contributed by atoms with E-state index in [1.807, 2.05) is 7.05 Å². The Hall–Kier alpha value is -0.130. The zero-order valence-electron chi connectivity index (χ0n) is 9.65. The largest absolute Gasteiger partial charge is 0.329 e. The highest BCUT2D eigenvalue weighted by molar-refractivity contribution is 7.91. The molecule has 1 saturated carbocycles. The van der Waals surface area contributed by atoms with E-state index >= 15 is 0 Å². The van der Waals surface area contributed by atoms with E-state index < -0.39 is 9.84 Å². The summed E-state index contributed by atoms with van der Waals surface area (Å²) in [4.78, 5) is 2.19. The summed E-state index contributed by atoms with van der Waals surface area (Å²) < 4.78 is 22.9. The second-order valence-corrected chi connectivity index (χ2v) is 6.87. The van der Waals surface area contributed by atoms with Crippen LogP contribution in [0.5, 0.6) is 0 Å². The maximum Gasteiger partial charge on any atom is 0.150 e. The SMILES string of the molecule is CN(CCN)C1CCCC(S(C)(=O)=O)C1. The molecule has 2 atom stereocenters. The number of sulfone groups is 1. The summed E-state index contributed by atoms with van der Waals surface area (Å²) in [5.74, 6) is 0. The molecule has 0 saturated heterocycles. The molecule has 0 aromatic heterocycles. The normalized spacial score (nSPS) is 28.3. The van der Waals surface area contributed by atoms with Crippen molar-refractivity contribution in [2.75, 3.05) is 26.4 Å². The second kappa shape index (κ2) is 5.27. The van der Waals surface area contributed by atoms with Crippen molar-refractivity contribution in [2.45, 2.75) is 37.0 Å². The third-order valence-corrected chi connectivity index (χ3v) is 4.95. The van der Waals surface area contributed by atoms with Crippen LogP contribution in [0, 0.1) is 0 Å². The van der Waals surface area contributed by atoms with Gasteiger partial charge in [-0.05, 0) is 26.3 Å². The Morgan fingerprint density at radius 3 is 2.60 bits per heavy atom. The van der Waals surface area contributed by atoms with E-state index in [0.29, 0.717) is 12.6 Å². The third kappa shape index (κ3) is 3.74. The van der Waals surface area contributed by atoms with Crippen LogP contribution in [-0.2, 0) is 9.84 Å². The molecule has 5 heteroatoms. The molecule has 4 nitrogen and oxygen atoms in total. The van der Waals surface area contributed by atoms with E-state index in [0.717, 1.165) is 32.2 Å². The zero-order chi connectivity index (χ0) is 11.5. The molecule has 0 spiro atoms. The fourth-order valence-electron chi connectivity index (χ4n) is 2.30. The standard InChI is InChI=1S/C10H22N2O2S/c1-12(7-6-11)9-4-3-5-10(8-9)15(2,13)14/h9-10H,3-8,11H2,1-2H3. The van der Waals surface area contributed by atoms with Crippen molar-refractivity contribution in [2.24, 2.45) is 5.73 Å². The first-order chi connectivity index (χ1) is 6.95. The van der Waals surface area contributed by atoms with Crippen LogP contribution in [0.3, 0.4) is 0 Å². The molecule has 0 aromatic rings. The van der Waals surface area contributed by atoms with Gasteiger partial charge in [0.1, 0.15) is 9.84 Å². The van der Waals surface area contributed by atoms with Crippen molar-refractivity contribution in [1.29, 1.82) is 0 Å². The molecule has 2 unspecified atom stereocenters. The molecule has 0 heterocycles. The summed E-state index contributed by atoms with van der Waals surface area (Å²) in [6.07, 6.45) is 5.06. The van der Waals surface area contributed by atoms with Crippen molar-refractivity contribution < 1.29 is 8.42 Å². The fourth-order valence-corrected chi connectivity index (χ4v) is 3.46.